The van der Waals surface area contributed by atoms with Crippen LogP contribution in [0.2, 0.25) is 0 Å². The Labute approximate surface area is 218 Å². The van der Waals surface area contributed by atoms with Crippen molar-refractivity contribution < 1.29 is 32.1 Å². The molecule has 0 saturated heterocycles. The number of nitrogens with one attached hydrogen (secondary N) is 1. The number of thiocarbonyl (C=S) groups is 1. The average Bonchev–Trinajstić information content (AvgIpc) is 2.90. The van der Waals surface area contributed by atoms with Crippen molar-refractivity contribution in [1.82, 2.24) is 4.90 Å². The van der Waals surface area contributed by atoms with E-state index < -0.39 is 11.7 Å². The molecular weight excluding hydrogens is 505 g/mol. The summed E-state index contributed by atoms with van der Waals surface area (Å²) in [5.41, 5.74) is 1.79. The molecule has 0 amide bonds. The molecule has 3 aromatic rings. The molecule has 196 valence electrons. The largest absolute Gasteiger partial charge is 0.497 e. The van der Waals surface area contributed by atoms with Gasteiger partial charge in [0.25, 0.3) is 0 Å². The number of halogens is 3. The molecule has 0 bridgehead atoms. The van der Waals surface area contributed by atoms with Gasteiger partial charge in [0.2, 0.25) is 0 Å². The Hall–Kier alpha value is -3.66. The second-order valence-corrected chi connectivity index (χ2v) is 8.74. The van der Waals surface area contributed by atoms with Crippen LogP contribution in [0.3, 0.4) is 0 Å². The fraction of sp³-hybridized carbons (Fsp3) is 0.296. The molecule has 0 fully saturated rings. The number of nitrogens with zero attached hydrogens (tertiary/aromatic N) is 1. The third-order valence-electron chi connectivity index (χ3n) is 6.19. The Bertz CT molecular complexity index is 1230. The van der Waals surface area contributed by atoms with Gasteiger partial charge >= 0.3 is 6.18 Å². The molecular formula is C27H27F3N2O4S. The van der Waals surface area contributed by atoms with Crippen LogP contribution in [0.4, 0.5) is 18.9 Å². The van der Waals surface area contributed by atoms with Crippen LogP contribution in [0.1, 0.15) is 22.7 Å². The molecule has 0 aliphatic carbocycles. The highest BCUT2D eigenvalue weighted by Gasteiger charge is 2.32. The molecule has 3 aromatic carbocycles. The van der Waals surface area contributed by atoms with Gasteiger partial charge in [0.1, 0.15) is 18.1 Å². The SMILES string of the molecule is COc1ccc(OCC2c3cc(OC)c(OC)cc3CCN2C(=S)Nc2ccc(C(F)(F)F)cc2)cc1. The first-order valence-corrected chi connectivity index (χ1v) is 11.9. The van der Waals surface area contributed by atoms with E-state index in [1.165, 1.54) is 12.1 Å². The minimum atomic E-state index is -4.40. The van der Waals surface area contributed by atoms with E-state index in [2.05, 4.69) is 5.32 Å². The Balaban J connectivity index is 1.60. The summed E-state index contributed by atoms with van der Waals surface area (Å²) in [5, 5.41) is 3.46. The van der Waals surface area contributed by atoms with E-state index >= 15 is 0 Å². The lowest BCUT2D eigenvalue weighted by atomic mass is 9.92. The van der Waals surface area contributed by atoms with Gasteiger partial charge in [-0.05, 0) is 90.4 Å². The maximum Gasteiger partial charge on any atom is 0.416 e. The Morgan fingerprint density at radius 2 is 1.54 bits per heavy atom. The topological polar surface area (TPSA) is 52.2 Å². The van der Waals surface area contributed by atoms with Crippen molar-refractivity contribution in [3.63, 3.8) is 0 Å². The Morgan fingerprint density at radius 1 is 0.919 bits per heavy atom. The summed E-state index contributed by atoms with van der Waals surface area (Å²) in [6.07, 6.45) is -3.72. The van der Waals surface area contributed by atoms with Crippen molar-refractivity contribution in [3.8, 4) is 23.0 Å². The Morgan fingerprint density at radius 3 is 2.14 bits per heavy atom. The van der Waals surface area contributed by atoms with Crippen LogP contribution < -0.4 is 24.3 Å². The number of hydrogen-bond acceptors (Lipinski definition) is 5. The van der Waals surface area contributed by atoms with E-state index in [1.54, 1.807) is 21.3 Å². The van der Waals surface area contributed by atoms with Gasteiger partial charge in [0.15, 0.2) is 16.6 Å². The molecule has 6 nitrogen and oxygen atoms in total. The third-order valence-corrected chi connectivity index (χ3v) is 6.53. The smallest absolute Gasteiger partial charge is 0.416 e. The normalized spacial score (nSPS) is 15.0. The maximum atomic E-state index is 13.0. The number of hydrogen-bond donors (Lipinski definition) is 1. The van der Waals surface area contributed by atoms with Crippen LogP contribution in [-0.2, 0) is 12.6 Å². The van der Waals surface area contributed by atoms with Crippen molar-refractivity contribution >= 4 is 23.0 Å². The van der Waals surface area contributed by atoms with Crippen LogP contribution >= 0.6 is 12.2 Å². The van der Waals surface area contributed by atoms with Gasteiger partial charge < -0.3 is 29.2 Å². The number of anilines is 1. The van der Waals surface area contributed by atoms with Crippen LogP contribution in [0.25, 0.3) is 0 Å². The fourth-order valence-corrected chi connectivity index (χ4v) is 4.57. The minimum Gasteiger partial charge on any atom is -0.497 e. The maximum absolute atomic E-state index is 13.0. The lowest BCUT2D eigenvalue weighted by Gasteiger charge is -2.39. The van der Waals surface area contributed by atoms with E-state index in [4.69, 9.17) is 31.2 Å². The van der Waals surface area contributed by atoms with E-state index in [0.29, 0.717) is 41.0 Å². The summed E-state index contributed by atoms with van der Waals surface area (Å²) in [6, 6.07) is 15.6. The highest BCUT2D eigenvalue weighted by atomic mass is 32.1. The molecule has 1 aliphatic rings. The molecule has 0 radical (unpaired) electrons. The fourth-order valence-electron chi connectivity index (χ4n) is 4.24. The molecule has 10 heteroatoms. The van der Waals surface area contributed by atoms with Crippen molar-refractivity contribution in [1.29, 1.82) is 0 Å². The number of alkyl halides is 3. The van der Waals surface area contributed by atoms with Gasteiger partial charge in [0.05, 0.1) is 32.9 Å². The zero-order valence-electron chi connectivity index (χ0n) is 20.6. The van der Waals surface area contributed by atoms with Crippen molar-refractivity contribution in [2.75, 3.05) is 39.8 Å². The lowest BCUT2D eigenvalue weighted by molar-refractivity contribution is -0.137. The van der Waals surface area contributed by atoms with Crippen LogP contribution in [-0.4, -0.2) is 44.5 Å². The van der Waals surface area contributed by atoms with Gasteiger partial charge in [-0.3, -0.25) is 0 Å². The summed E-state index contributed by atoms with van der Waals surface area (Å²) >= 11 is 5.71. The number of benzene rings is 3. The predicted molar refractivity (Wildman–Crippen MR) is 139 cm³/mol. The average molecular weight is 533 g/mol. The summed E-state index contributed by atoms with van der Waals surface area (Å²) in [6.45, 7) is 0.842. The summed E-state index contributed by atoms with van der Waals surface area (Å²) in [7, 11) is 4.76. The quantitative estimate of drug-likeness (QED) is 0.369. The van der Waals surface area contributed by atoms with E-state index in [0.717, 1.165) is 29.0 Å². The van der Waals surface area contributed by atoms with Gasteiger partial charge in [-0.1, -0.05) is 0 Å². The lowest BCUT2D eigenvalue weighted by Crippen LogP contribution is -2.44. The number of fused-ring (bicyclic) bond motifs is 1. The molecule has 37 heavy (non-hydrogen) atoms. The first-order chi connectivity index (χ1) is 17.7. The van der Waals surface area contributed by atoms with E-state index in [1.807, 2.05) is 41.3 Å². The summed E-state index contributed by atoms with van der Waals surface area (Å²) in [4.78, 5) is 1.98. The minimum absolute atomic E-state index is 0.268. The summed E-state index contributed by atoms with van der Waals surface area (Å²) < 4.78 is 61.2. The van der Waals surface area contributed by atoms with E-state index in [-0.39, 0.29) is 12.6 Å². The molecule has 0 aromatic heterocycles. The van der Waals surface area contributed by atoms with Gasteiger partial charge in [-0.15, -0.1) is 0 Å². The number of ether oxygens (including phenoxy) is 4. The summed E-state index contributed by atoms with van der Waals surface area (Å²) in [5.74, 6) is 2.60. The van der Waals surface area contributed by atoms with Crippen molar-refractivity contribution in [2.24, 2.45) is 0 Å². The molecule has 1 heterocycles. The molecule has 4 rings (SSSR count). The van der Waals surface area contributed by atoms with Gasteiger partial charge in [-0.25, -0.2) is 0 Å². The van der Waals surface area contributed by atoms with Crippen LogP contribution in [0.15, 0.2) is 60.7 Å². The van der Waals surface area contributed by atoms with Gasteiger partial charge in [-0.2, -0.15) is 13.2 Å². The molecule has 1 atom stereocenters. The second kappa shape index (κ2) is 11.2. The first-order valence-electron chi connectivity index (χ1n) is 11.5. The second-order valence-electron chi connectivity index (χ2n) is 8.36. The van der Waals surface area contributed by atoms with Crippen LogP contribution in [0.5, 0.6) is 23.0 Å². The molecule has 0 saturated carbocycles. The van der Waals surface area contributed by atoms with Crippen LogP contribution in [0, 0.1) is 0 Å². The molecule has 0 spiro atoms. The molecule has 1 N–H and O–H groups in total. The monoisotopic (exact) mass is 532 g/mol. The standard InChI is InChI=1S/C27H27F3N2O4S/c1-33-20-8-10-21(11-9-20)36-16-23-22-15-25(35-3)24(34-2)14-17(22)12-13-32(23)26(37)31-19-6-4-18(5-7-19)27(28,29)30/h4-11,14-15,23H,12-13,16H2,1-3H3,(H,31,37). The number of methoxy groups -OCH3 is 3. The number of rotatable bonds is 7. The molecule has 1 aliphatic heterocycles. The van der Waals surface area contributed by atoms with Crippen molar-refractivity contribution in [3.05, 3.63) is 77.4 Å². The zero-order valence-corrected chi connectivity index (χ0v) is 21.4. The van der Waals surface area contributed by atoms with E-state index in [9.17, 15) is 13.2 Å². The highest BCUT2D eigenvalue weighted by molar-refractivity contribution is 7.80. The van der Waals surface area contributed by atoms with Crippen molar-refractivity contribution in [2.45, 2.75) is 18.6 Å². The third kappa shape index (κ3) is 6.02. The Kier molecular flexibility index (Phi) is 7.97. The first kappa shape index (κ1) is 26.4. The highest BCUT2D eigenvalue weighted by Crippen LogP contribution is 2.39. The zero-order chi connectivity index (χ0) is 26.6. The van der Waals surface area contributed by atoms with Gasteiger partial charge in [0, 0.05) is 12.2 Å². The predicted octanol–water partition coefficient (Wildman–Crippen LogP) is 6.11. The molecule has 1 unspecified atom stereocenters.